The highest BCUT2D eigenvalue weighted by atomic mass is 16.3. The van der Waals surface area contributed by atoms with E-state index < -0.39 is 0 Å². The van der Waals surface area contributed by atoms with Gasteiger partial charge in [-0.05, 0) is 125 Å². The van der Waals surface area contributed by atoms with Gasteiger partial charge in [0.2, 0.25) is 0 Å². The molecule has 5 heteroatoms. The average Bonchev–Trinajstić information content (AvgIpc) is 3.95. The molecule has 0 bridgehead atoms. The van der Waals surface area contributed by atoms with Gasteiger partial charge in [0, 0.05) is 66.7 Å². The van der Waals surface area contributed by atoms with Crippen LogP contribution in [0.2, 0.25) is 0 Å². The van der Waals surface area contributed by atoms with Crippen LogP contribution < -0.4 is 14.7 Å². The van der Waals surface area contributed by atoms with E-state index >= 15 is 0 Å². The molecule has 0 spiro atoms. The first kappa shape index (κ1) is 38.4. The number of anilines is 9. The highest BCUT2D eigenvalue weighted by molar-refractivity contribution is 6.19. The number of nitrogens with zero attached hydrogens (tertiary/aromatic N) is 3. The lowest BCUT2D eigenvalue weighted by atomic mass is 9.98. The molecule has 0 aliphatic heterocycles. The molecule has 0 unspecified atom stereocenters. The summed E-state index contributed by atoms with van der Waals surface area (Å²) in [5.74, 6) is 0. The van der Waals surface area contributed by atoms with Crippen molar-refractivity contribution in [2.75, 3.05) is 14.7 Å². The third kappa shape index (κ3) is 6.55. The van der Waals surface area contributed by atoms with E-state index in [4.69, 9.17) is 8.83 Å². The van der Waals surface area contributed by atoms with Gasteiger partial charge in [-0.25, -0.2) is 0 Å². The Labute approximate surface area is 387 Å². The summed E-state index contributed by atoms with van der Waals surface area (Å²) in [7, 11) is 0. The molecule has 11 aromatic carbocycles. The van der Waals surface area contributed by atoms with Crippen LogP contribution in [0.5, 0.6) is 0 Å². The van der Waals surface area contributed by atoms with Crippen molar-refractivity contribution in [2.24, 2.45) is 0 Å². The number of hydrogen-bond donors (Lipinski definition) is 0. The normalized spacial score (nSPS) is 11.6. The topological polar surface area (TPSA) is 36.0 Å². The van der Waals surface area contributed by atoms with Crippen LogP contribution in [-0.4, -0.2) is 0 Å². The molecule has 0 radical (unpaired) electrons. The van der Waals surface area contributed by atoms with E-state index in [1.807, 2.05) is 18.2 Å². The van der Waals surface area contributed by atoms with Gasteiger partial charge < -0.3 is 23.5 Å². The maximum Gasteiger partial charge on any atom is 0.159 e. The third-order valence-electron chi connectivity index (χ3n) is 12.9. The number of hydrogen-bond acceptors (Lipinski definition) is 5. The average molecular weight is 860 g/mol. The van der Waals surface area contributed by atoms with Gasteiger partial charge in [-0.2, -0.15) is 0 Å². The summed E-state index contributed by atoms with van der Waals surface area (Å²) in [5.41, 5.74) is 12.6. The Morgan fingerprint density at radius 3 is 1.36 bits per heavy atom. The smallest absolute Gasteiger partial charge is 0.159 e. The first-order valence-corrected chi connectivity index (χ1v) is 22.7. The molecule has 0 saturated carbocycles. The number of fused-ring (bicyclic) bond motifs is 9. The summed E-state index contributed by atoms with van der Waals surface area (Å²) in [5, 5.41) is 8.87. The summed E-state index contributed by atoms with van der Waals surface area (Å²) in [6.07, 6.45) is 0. The molecule has 0 atom stereocenters. The van der Waals surface area contributed by atoms with Gasteiger partial charge in [0.05, 0.1) is 11.4 Å². The molecular weight excluding hydrogens is 819 g/mol. The second-order valence-corrected chi connectivity index (χ2v) is 16.9. The Kier molecular flexibility index (Phi) is 9.10. The number of benzene rings is 11. The fourth-order valence-corrected chi connectivity index (χ4v) is 9.96. The number of para-hydroxylation sites is 6. The van der Waals surface area contributed by atoms with Crippen LogP contribution >= 0.6 is 0 Å². The van der Waals surface area contributed by atoms with Crippen LogP contribution in [0.1, 0.15) is 0 Å². The van der Waals surface area contributed by atoms with Gasteiger partial charge in [0.25, 0.3) is 0 Å². The second kappa shape index (κ2) is 15.9. The van der Waals surface area contributed by atoms with E-state index in [1.54, 1.807) is 0 Å². The molecule has 2 heterocycles. The summed E-state index contributed by atoms with van der Waals surface area (Å²) >= 11 is 0. The quantitative estimate of drug-likeness (QED) is 0.135. The predicted molar refractivity (Wildman–Crippen MR) is 280 cm³/mol. The highest BCUT2D eigenvalue weighted by Crippen LogP contribution is 2.49. The van der Waals surface area contributed by atoms with Gasteiger partial charge in [-0.1, -0.05) is 140 Å². The molecule has 0 amide bonds. The maximum atomic E-state index is 6.91. The van der Waals surface area contributed by atoms with Crippen molar-refractivity contribution in [1.29, 1.82) is 0 Å². The van der Waals surface area contributed by atoms with E-state index in [0.717, 1.165) is 111 Å². The minimum atomic E-state index is 0.811. The van der Waals surface area contributed by atoms with Crippen LogP contribution in [-0.2, 0) is 0 Å². The van der Waals surface area contributed by atoms with Gasteiger partial charge in [-0.3, -0.25) is 0 Å². The monoisotopic (exact) mass is 859 g/mol. The first-order valence-electron chi connectivity index (χ1n) is 22.7. The van der Waals surface area contributed by atoms with Crippen molar-refractivity contribution in [3.63, 3.8) is 0 Å². The van der Waals surface area contributed by atoms with Crippen molar-refractivity contribution < 1.29 is 8.83 Å². The lowest BCUT2D eigenvalue weighted by Gasteiger charge is -2.31. The maximum absolute atomic E-state index is 6.91. The minimum absolute atomic E-state index is 0.811. The molecule has 0 aliphatic carbocycles. The van der Waals surface area contributed by atoms with E-state index in [9.17, 15) is 0 Å². The summed E-state index contributed by atoms with van der Waals surface area (Å²) in [4.78, 5) is 7.06. The zero-order valence-corrected chi connectivity index (χ0v) is 36.3. The summed E-state index contributed by atoms with van der Waals surface area (Å²) in [6, 6.07) is 88.2. The van der Waals surface area contributed by atoms with Crippen LogP contribution in [0.4, 0.5) is 51.2 Å². The molecule has 5 nitrogen and oxygen atoms in total. The lowest BCUT2D eigenvalue weighted by molar-refractivity contribution is 0.669. The second-order valence-electron chi connectivity index (χ2n) is 16.9. The molecule has 13 aromatic rings. The van der Waals surface area contributed by atoms with Crippen LogP contribution in [0.25, 0.3) is 65.4 Å². The molecule has 2 aromatic heterocycles. The number of rotatable bonds is 9. The molecule has 0 N–H and O–H groups in total. The minimum Gasteiger partial charge on any atom is -0.456 e. The Bertz CT molecular complexity index is 3860. The molecule has 13 rings (SSSR count). The zero-order valence-electron chi connectivity index (χ0n) is 36.3. The summed E-state index contributed by atoms with van der Waals surface area (Å²) < 4.78 is 13.3. The van der Waals surface area contributed by atoms with Crippen molar-refractivity contribution >= 4 is 117 Å². The van der Waals surface area contributed by atoms with E-state index in [0.29, 0.717) is 0 Å². The van der Waals surface area contributed by atoms with Crippen LogP contribution in [0, 0.1) is 0 Å². The fourth-order valence-electron chi connectivity index (χ4n) is 9.96. The van der Waals surface area contributed by atoms with E-state index in [-0.39, 0.29) is 0 Å². The SMILES string of the molecule is c1ccc(N(c2ccccc2)c2cccc(N(c3cc(N(c4ccccc4)c4ccccc4)c4oc5ccccc5c4c3)c3cccc4c3ccc3cc5oc6ccccc6c5cc34)c2)cc1. The van der Waals surface area contributed by atoms with Crippen LogP contribution in [0.3, 0.4) is 0 Å². The van der Waals surface area contributed by atoms with Crippen molar-refractivity contribution in [2.45, 2.75) is 0 Å². The zero-order chi connectivity index (χ0) is 44.3. The molecule has 0 aliphatic rings. The Hall–Kier alpha value is -9.06. The first-order chi connectivity index (χ1) is 33.2. The molecular formula is C62H41N3O2. The third-order valence-corrected chi connectivity index (χ3v) is 12.9. The standard InChI is InChI=1S/C62H41N3O2/c1-5-19-43(20-6-1)63(44-21-7-2-8-22-44)47-27-17-28-48(38-47)65(57-32-18-31-50-51(57)36-35-42-37-61-55(41-54(42)50)52-29-13-15-33-59(52)66-61)49-39-56-53-30-14-16-34-60(53)67-62(56)58(40-49)64(45-23-9-3-10-24-45)46-25-11-4-12-26-46/h1-41H. The van der Waals surface area contributed by atoms with Gasteiger partial charge in [0.15, 0.2) is 5.58 Å². The largest absolute Gasteiger partial charge is 0.456 e. The van der Waals surface area contributed by atoms with E-state index in [1.165, 1.54) is 5.39 Å². The molecule has 67 heavy (non-hydrogen) atoms. The van der Waals surface area contributed by atoms with Crippen molar-refractivity contribution in [1.82, 2.24) is 0 Å². The Morgan fingerprint density at radius 2 is 0.716 bits per heavy atom. The van der Waals surface area contributed by atoms with Gasteiger partial charge in [0.1, 0.15) is 16.7 Å². The predicted octanol–water partition coefficient (Wildman–Crippen LogP) is 18.2. The molecule has 0 fully saturated rings. The molecule has 316 valence electrons. The van der Waals surface area contributed by atoms with Gasteiger partial charge in [-0.15, -0.1) is 0 Å². The molecule has 0 saturated heterocycles. The lowest BCUT2D eigenvalue weighted by Crippen LogP contribution is -2.15. The van der Waals surface area contributed by atoms with Gasteiger partial charge >= 0.3 is 0 Å². The van der Waals surface area contributed by atoms with Crippen molar-refractivity contribution in [3.05, 3.63) is 249 Å². The van der Waals surface area contributed by atoms with Crippen molar-refractivity contribution in [3.8, 4) is 0 Å². The van der Waals surface area contributed by atoms with E-state index in [2.05, 4.69) is 245 Å². The van der Waals surface area contributed by atoms with Crippen LogP contribution in [0.15, 0.2) is 258 Å². The number of furan rings is 2. The Balaban J connectivity index is 1.11. The Morgan fingerprint density at radius 1 is 0.224 bits per heavy atom. The summed E-state index contributed by atoms with van der Waals surface area (Å²) in [6.45, 7) is 0. The fraction of sp³-hybridized carbons (Fsp3) is 0. The highest BCUT2D eigenvalue weighted by Gasteiger charge is 2.25.